The van der Waals surface area contributed by atoms with Crippen molar-refractivity contribution in [3.63, 3.8) is 0 Å². The minimum Gasteiger partial charge on any atom is -0.454 e. The number of ether oxygens (including phenoxy) is 1. The monoisotopic (exact) mass is 632 g/mol. The summed E-state index contributed by atoms with van der Waals surface area (Å²) in [6.45, 7) is -0.0740. The van der Waals surface area contributed by atoms with Crippen LogP contribution in [-0.2, 0) is 27.4 Å². The Hall–Kier alpha value is -3.99. The molecule has 1 aliphatic rings. The minimum absolute atomic E-state index is 0.0547. The fourth-order valence-corrected chi connectivity index (χ4v) is 5.70. The van der Waals surface area contributed by atoms with Crippen LogP contribution in [0.15, 0.2) is 53.4 Å². The van der Waals surface area contributed by atoms with E-state index >= 15 is 0 Å². The number of rotatable bonds is 10. The summed E-state index contributed by atoms with van der Waals surface area (Å²) >= 11 is 0. The van der Waals surface area contributed by atoms with E-state index in [1.54, 1.807) is 12.1 Å². The lowest BCUT2D eigenvalue weighted by Gasteiger charge is -2.31. The molecule has 232 valence electrons. The van der Waals surface area contributed by atoms with Gasteiger partial charge in [0, 0.05) is 31.2 Å². The molecule has 2 heterocycles. The molecule has 2 aromatic carbocycles. The van der Waals surface area contributed by atoms with Gasteiger partial charge in [-0.1, -0.05) is 18.2 Å². The number of carbonyl (C=O) groups excluding carboxylic acids is 1. The molecule has 0 spiro atoms. The summed E-state index contributed by atoms with van der Waals surface area (Å²) in [5.41, 5.74) is -0.360. The number of sulfonamides is 1. The van der Waals surface area contributed by atoms with E-state index in [1.807, 2.05) is 0 Å². The smallest absolute Gasteiger partial charge is 0.422 e. The van der Waals surface area contributed by atoms with Gasteiger partial charge in [0.2, 0.25) is 21.9 Å². The average molecular weight is 633 g/mol. The molecule has 1 aromatic heterocycles. The van der Waals surface area contributed by atoms with Crippen molar-refractivity contribution < 1.29 is 44.3 Å². The molecule has 1 fully saturated rings. The van der Waals surface area contributed by atoms with Gasteiger partial charge in [-0.3, -0.25) is 4.79 Å². The highest BCUT2D eigenvalue weighted by Gasteiger charge is 2.32. The number of benzene rings is 2. The van der Waals surface area contributed by atoms with Gasteiger partial charge < -0.3 is 15.4 Å². The van der Waals surface area contributed by atoms with E-state index in [1.165, 1.54) is 29.4 Å². The highest BCUT2D eigenvalue weighted by Crippen LogP contribution is 2.31. The van der Waals surface area contributed by atoms with Crippen LogP contribution in [0, 0.1) is 0 Å². The second-order valence-electron chi connectivity index (χ2n) is 9.72. The molecule has 1 saturated heterocycles. The number of anilines is 3. The number of aromatic nitrogens is 3. The number of carbonyl (C=O) groups is 1. The number of piperidine rings is 1. The summed E-state index contributed by atoms with van der Waals surface area (Å²) in [5.74, 6) is -0.646. The number of halogens is 6. The third kappa shape index (κ3) is 9.00. The molecular weight excluding hydrogens is 606 g/mol. The summed E-state index contributed by atoms with van der Waals surface area (Å²) < 4.78 is 110. The van der Waals surface area contributed by atoms with Crippen LogP contribution >= 0.6 is 0 Å². The molecule has 0 aliphatic carbocycles. The summed E-state index contributed by atoms with van der Waals surface area (Å²) in [4.78, 5) is 23.0. The molecule has 10 nitrogen and oxygen atoms in total. The van der Waals surface area contributed by atoms with Gasteiger partial charge in [0.1, 0.15) is 5.78 Å². The Balaban J connectivity index is 1.46. The summed E-state index contributed by atoms with van der Waals surface area (Å²) in [6.07, 6.45) is -8.59. The van der Waals surface area contributed by atoms with Crippen LogP contribution in [0.5, 0.6) is 6.01 Å². The molecule has 1 aliphatic heterocycles. The molecule has 0 saturated carbocycles. The zero-order valence-electron chi connectivity index (χ0n) is 22.5. The minimum atomic E-state index is -4.71. The van der Waals surface area contributed by atoms with Crippen LogP contribution in [0.3, 0.4) is 0 Å². The van der Waals surface area contributed by atoms with E-state index in [0.29, 0.717) is 5.56 Å². The number of nitrogens with one attached hydrogen (secondary N) is 2. The van der Waals surface area contributed by atoms with Gasteiger partial charge in [0.25, 0.3) is 0 Å². The Kier molecular flexibility index (Phi) is 9.44. The van der Waals surface area contributed by atoms with Crippen LogP contribution in [0.2, 0.25) is 0 Å². The lowest BCUT2D eigenvalue weighted by molar-refractivity contribution is -0.154. The molecule has 0 radical (unpaired) electrons. The normalized spacial score (nSPS) is 15.2. The number of nitrogens with zero attached hydrogens (tertiary/aromatic N) is 4. The quantitative estimate of drug-likeness (QED) is 0.298. The van der Waals surface area contributed by atoms with Crippen molar-refractivity contribution in [1.82, 2.24) is 19.3 Å². The number of Topliss-reactive ketones (excluding diaryl/α,β-unsaturated/α-hetero) is 1. The molecule has 0 amide bonds. The van der Waals surface area contributed by atoms with Gasteiger partial charge in [0.05, 0.1) is 10.5 Å². The van der Waals surface area contributed by atoms with E-state index in [-0.39, 0.29) is 60.6 Å². The van der Waals surface area contributed by atoms with Crippen LogP contribution in [-0.4, -0.2) is 65.4 Å². The van der Waals surface area contributed by atoms with Crippen molar-refractivity contribution in [2.45, 2.75) is 49.5 Å². The summed E-state index contributed by atoms with van der Waals surface area (Å²) in [7, 11) is -3.82. The number of hydrogen-bond acceptors (Lipinski definition) is 9. The fraction of sp³-hybridized carbons (Fsp3) is 0.385. The van der Waals surface area contributed by atoms with Crippen LogP contribution < -0.4 is 15.4 Å². The first-order valence-electron chi connectivity index (χ1n) is 12.8. The largest absolute Gasteiger partial charge is 0.454 e. The van der Waals surface area contributed by atoms with Crippen molar-refractivity contribution in [3.05, 3.63) is 59.7 Å². The molecule has 0 atom stereocenters. The number of ketones is 1. The van der Waals surface area contributed by atoms with E-state index in [9.17, 15) is 39.6 Å². The standard InChI is InChI=1S/C26H26F6N6O4S/c1-16(39)13-17-5-7-21(8-6-17)43(40,41)38-11-9-19(10-12-38)33-22-35-23(37-24(36-22)42-15-25(27,28)29)34-20-4-2-3-18(14-20)26(30,31)32/h2-8,14,19H,9-13,15H2,1H3,(H2,33,34,35,36,37). The first-order chi connectivity index (χ1) is 20.1. The first-order valence-corrected chi connectivity index (χ1v) is 14.3. The fourth-order valence-electron chi connectivity index (χ4n) is 4.23. The lowest BCUT2D eigenvalue weighted by Crippen LogP contribution is -2.42. The van der Waals surface area contributed by atoms with Crippen molar-refractivity contribution in [3.8, 4) is 6.01 Å². The topological polar surface area (TPSA) is 126 Å². The second-order valence-corrected chi connectivity index (χ2v) is 11.7. The Bertz CT molecular complexity index is 1540. The van der Waals surface area contributed by atoms with Crippen molar-refractivity contribution in [2.24, 2.45) is 0 Å². The SMILES string of the molecule is CC(=O)Cc1ccc(S(=O)(=O)N2CCC(Nc3nc(Nc4cccc(C(F)(F)F)c4)nc(OCC(F)(F)F)n3)CC2)cc1. The second kappa shape index (κ2) is 12.7. The Morgan fingerprint density at radius 2 is 1.63 bits per heavy atom. The predicted octanol–water partition coefficient (Wildman–Crippen LogP) is 4.97. The molecule has 43 heavy (non-hydrogen) atoms. The number of hydrogen-bond donors (Lipinski definition) is 2. The molecule has 17 heteroatoms. The molecule has 3 aromatic rings. The maximum Gasteiger partial charge on any atom is 0.422 e. The first kappa shape index (κ1) is 31.9. The van der Waals surface area contributed by atoms with E-state index in [4.69, 9.17) is 0 Å². The maximum atomic E-state index is 13.1. The molecular formula is C26H26F6N6O4S. The van der Waals surface area contributed by atoms with Crippen molar-refractivity contribution >= 4 is 33.4 Å². The predicted molar refractivity (Wildman–Crippen MR) is 142 cm³/mol. The van der Waals surface area contributed by atoms with E-state index in [2.05, 4.69) is 30.3 Å². The zero-order valence-corrected chi connectivity index (χ0v) is 23.4. The third-order valence-electron chi connectivity index (χ3n) is 6.23. The van der Waals surface area contributed by atoms with Crippen molar-refractivity contribution in [1.29, 1.82) is 0 Å². The molecule has 0 unspecified atom stereocenters. The third-order valence-corrected chi connectivity index (χ3v) is 8.14. The average Bonchev–Trinajstić information content (AvgIpc) is 2.91. The van der Waals surface area contributed by atoms with Gasteiger partial charge in [-0.25, -0.2) is 8.42 Å². The molecule has 0 bridgehead atoms. The number of alkyl halides is 6. The highest BCUT2D eigenvalue weighted by atomic mass is 32.2. The van der Waals surface area contributed by atoms with E-state index < -0.39 is 46.6 Å². The molecule has 2 N–H and O–H groups in total. The van der Waals surface area contributed by atoms with Gasteiger partial charge in [-0.15, -0.1) is 0 Å². The highest BCUT2D eigenvalue weighted by molar-refractivity contribution is 7.89. The van der Waals surface area contributed by atoms with Gasteiger partial charge in [0.15, 0.2) is 6.61 Å². The maximum absolute atomic E-state index is 13.1. The lowest BCUT2D eigenvalue weighted by atomic mass is 10.1. The molecule has 4 rings (SSSR count). The Morgan fingerprint density at radius 3 is 2.23 bits per heavy atom. The van der Waals surface area contributed by atoms with Gasteiger partial charge in [-0.05, 0) is 55.7 Å². The zero-order chi connectivity index (χ0) is 31.4. The van der Waals surface area contributed by atoms with Gasteiger partial charge >= 0.3 is 18.4 Å². The van der Waals surface area contributed by atoms with Crippen molar-refractivity contribution in [2.75, 3.05) is 30.3 Å². The summed E-state index contributed by atoms with van der Waals surface area (Å²) in [6, 6.07) is 8.94. The summed E-state index contributed by atoms with van der Waals surface area (Å²) in [5, 5.41) is 5.44. The van der Waals surface area contributed by atoms with E-state index in [0.717, 1.165) is 18.2 Å². The van der Waals surface area contributed by atoms with Crippen LogP contribution in [0.1, 0.15) is 30.9 Å². The van der Waals surface area contributed by atoms with Gasteiger partial charge in [-0.2, -0.15) is 45.6 Å². The van der Waals surface area contributed by atoms with Crippen LogP contribution in [0.4, 0.5) is 43.9 Å². The Labute approximate surface area is 242 Å². The van der Waals surface area contributed by atoms with Crippen LogP contribution in [0.25, 0.3) is 0 Å². The Morgan fingerprint density at radius 1 is 0.977 bits per heavy atom.